The standard InChI is InChI=1S/C7H15NO4S/c1-7(6-8-13(2,9)10)11-4-3-5-12-7/h8H,3-6H2,1-2H3. The third-order valence-corrected chi connectivity index (χ3v) is 2.43. The van der Waals surface area contributed by atoms with Gasteiger partial charge in [0.05, 0.1) is 26.0 Å². The van der Waals surface area contributed by atoms with Crippen LogP contribution in [0.2, 0.25) is 0 Å². The first-order chi connectivity index (χ1) is 5.91. The molecule has 1 aliphatic rings. The summed E-state index contributed by atoms with van der Waals surface area (Å²) in [6, 6.07) is 0. The van der Waals surface area contributed by atoms with Crippen molar-refractivity contribution in [1.29, 1.82) is 0 Å². The van der Waals surface area contributed by atoms with E-state index < -0.39 is 15.8 Å². The van der Waals surface area contributed by atoms with Crippen LogP contribution in [0, 0.1) is 0 Å². The summed E-state index contributed by atoms with van der Waals surface area (Å²) in [6.07, 6.45) is 1.97. The van der Waals surface area contributed by atoms with Crippen molar-refractivity contribution >= 4 is 10.0 Å². The van der Waals surface area contributed by atoms with Crippen molar-refractivity contribution in [2.45, 2.75) is 19.1 Å². The van der Waals surface area contributed by atoms with E-state index in [9.17, 15) is 8.42 Å². The van der Waals surface area contributed by atoms with Crippen LogP contribution in [0.4, 0.5) is 0 Å². The Morgan fingerprint density at radius 3 is 2.38 bits per heavy atom. The van der Waals surface area contributed by atoms with Gasteiger partial charge in [-0.1, -0.05) is 0 Å². The number of nitrogens with one attached hydrogen (secondary N) is 1. The van der Waals surface area contributed by atoms with Gasteiger partial charge in [0.2, 0.25) is 10.0 Å². The minimum Gasteiger partial charge on any atom is -0.349 e. The van der Waals surface area contributed by atoms with Crippen LogP contribution in [0.3, 0.4) is 0 Å². The maximum atomic E-state index is 10.8. The Morgan fingerprint density at radius 2 is 1.92 bits per heavy atom. The Balaban J connectivity index is 2.42. The summed E-state index contributed by atoms with van der Waals surface area (Å²) >= 11 is 0. The molecule has 0 atom stereocenters. The molecule has 13 heavy (non-hydrogen) atoms. The summed E-state index contributed by atoms with van der Waals surface area (Å²) in [5, 5.41) is 0. The summed E-state index contributed by atoms with van der Waals surface area (Å²) in [5.41, 5.74) is 0. The van der Waals surface area contributed by atoms with E-state index in [1.165, 1.54) is 0 Å². The molecule has 0 bridgehead atoms. The van der Waals surface area contributed by atoms with Crippen LogP contribution in [-0.2, 0) is 19.5 Å². The predicted octanol–water partition coefficient (Wildman–Crippen LogP) is -0.311. The first-order valence-electron chi connectivity index (χ1n) is 4.14. The summed E-state index contributed by atoms with van der Waals surface area (Å²) in [6.45, 7) is 3.11. The highest BCUT2D eigenvalue weighted by Crippen LogP contribution is 2.16. The van der Waals surface area contributed by atoms with Gasteiger partial charge in [-0.3, -0.25) is 0 Å². The Bertz CT molecular complexity index is 256. The Morgan fingerprint density at radius 1 is 1.38 bits per heavy atom. The van der Waals surface area contributed by atoms with Crippen molar-refractivity contribution in [2.75, 3.05) is 26.0 Å². The minimum atomic E-state index is -3.17. The SMILES string of the molecule is CC1(CNS(C)(=O)=O)OCCCO1. The van der Waals surface area contributed by atoms with Crippen LogP contribution in [0.15, 0.2) is 0 Å². The van der Waals surface area contributed by atoms with E-state index in [0.717, 1.165) is 12.7 Å². The maximum absolute atomic E-state index is 10.8. The molecule has 0 aromatic heterocycles. The van der Waals surface area contributed by atoms with E-state index in [0.29, 0.717) is 13.2 Å². The fourth-order valence-corrected chi connectivity index (χ4v) is 1.57. The third-order valence-electron chi connectivity index (χ3n) is 1.76. The van der Waals surface area contributed by atoms with Gasteiger partial charge in [0.15, 0.2) is 5.79 Å². The van der Waals surface area contributed by atoms with Crippen LogP contribution >= 0.6 is 0 Å². The van der Waals surface area contributed by atoms with Crippen molar-refractivity contribution in [2.24, 2.45) is 0 Å². The van der Waals surface area contributed by atoms with Crippen molar-refractivity contribution in [3.8, 4) is 0 Å². The van der Waals surface area contributed by atoms with Gasteiger partial charge in [0, 0.05) is 0 Å². The van der Waals surface area contributed by atoms with Crippen molar-refractivity contribution in [1.82, 2.24) is 4.72 Å². The monoisotopic (exact) mass is 209 g/mol. The lowest BCUT2D eigenvalue weighted by Gasteiger charge is -2.33. The summed E-state index contributed by atoms with van der Waals surface area (Å²) in [4.78, 5) is 0. The lowest BCUT2D eigenvalue weighted by atomic mass is 10.3. The lowest BCUT2D eigenvalue weighted by Crippen LogP contribution is -2.47. The fraction of sp³-hybridized carbons (Fsp3) is 1.00. The molecule has 0 spiro atoms. The molecule has 1 saturated heterocycles. The smallest absolute Gasteiger partial charge is 0.208 e. The average Bonchev–Trinajstić information content (AvgIpc) is 2.02. The van der Waals surface area contributed by atoms with Gasteiger partial charge < -0.3 is 9.47 Å². The van der Waals surface area contributed by atoms with E-state index in [-0.39, 0.29) is 6.54 Å². The minimum absolute atomic E-state index is 0.159. The van der Waals surface area contributed by atoms with Gasteiger partial charge in [-0.2, -0.15) is 0 Å². The second-order valence-corrected chi connectivity index (χ2v) is 5.11. The van der Waals surface area contributed by atoms with E-state index in [1.54, 1.807) is 6.92 Å². The highest BCUT2D eigenvalue weighted by Gasteiger charge is 2.29. The molecule has 0 unspecified atom stereocenters. The fourth-order valence-electron chi connectivity index (χ4n) is 1.04. The molecule has 6 heteroatoms. The zero-order valence-corrected chi connectivity index (χ0v) is 8.69. The molecular weight excluding hydrogens is 194 g/mol. The van der Waals surface area contributed by atoms with Gasteiger partial charge in [-0.05, 0) is 13.3 Å². The molecule has 0 radical (unpaired) electrons. The number of sulfonamides is 1. The highest BCUT2D eigenvalue weighted by molar-refractivity contribution is 7.88. The molecule has 0 aliphatic carbocycles. The van der Waals surface area contributed by atoms with Crippen molar-refractivity contribution < 1.29 is 17.9 Å². The molecule has 0 amide bonds. The van der Waals surface area contributed by atoms with Crippen LogP contribution in [0.1, 0.15) is 13.3 Å². The van der Waals surface area contributed by atoms with Crippen LogP contribution in [-0.4, -0.2) is 40.2 Å². The lowest BCUT2D eigenvalue weighted by molar-refractivity contribution is -0.250. The second-order valence-electron chi connectivity index (χ2n) is 3.28. The van der Waals surface area contributed by atoms with Crippen LogP contribution in [0.5, 0.6) is 0 Å². The highest BCUT2D eigenvalue weighted by atomic mass is 32.2. The molecule has 1 fully saturated rings. The summed E-state index contributed by atoms with van der Waals surface area (Å²) in [7, 11) is -3.17. The largest absolute Gasteiger partial charge is 0.349 e. The van der Waals surface area contributed by atoms with E-state index in [2.05, 4.69) is 4.72 Å². The maximum Gasteiger partial charge on any atom is 0.208 e. The Hall–Kier alpha value is -0.170. The molecule has 0 aromatic rings. The molecular formula is C7H15NO4S. The van der Waals surface area contributed by atoms with Gasteiger partial charge in [0.1, 0.15) is 0 Å². The molecule has 1 aliphatic heterocycles. The molecule has 0 aromatic carbocycles. The Labute approximate surface area is 78.5 Å². The zero-order chi connectivity index (χ0) is 9.95. The van der Waals surface area contributed by atoms with Gasteiger partial charge >= 0.3 is 0 Å². The first kappa shape index (κ1) is 10.9. The molecule has 1 N–H and O–H groups in total. The topological polar surface area (TPSA) is 64.6 Å². The van der Waals surface area contributed by atoms with Crippen molar-refractivity contribution in [3.63, 3.8) is 0 Å². The molecule has 0 saturated carbocycles. The number of rotatable bonds is 3. The first-order valence-corrected chi connectivity index (χ1v) is 6.03. The molecule has 1 heterocycles. The normalized spacial score (nSPS) is 22.9. The van der Waals surface area contributed by atoms with Crippen LogP contribution < -0.4 is 4.72 Å². The molecule has 78 valence electrons. The van der Waals surface area contributed by atoms with E-state index in [1.807, 2.05) is 0 Å². The molecule has 1 rings (SSSR count). The average molecular weight is 209 g/mol. The van der Waals surface area contributed by atoms with Gasteiger partial charge in [-0.25, -0.2) is 13.1 Å². The number of ether oxygens (including phenoxy) is 2. The second kappa shape index (κ2) is 3.91. The summed E-state index contributed by atoms with van der Waals surface area (Å²) in [5.74, 6) is -0.804. The molecule has 5 nitrogen and oxygen atoms in total. The number of hydrogen-bond donors (Lipinski definition) is 1. The zero-order valence-electron chi connectivity index (χ0n) is 7.87. The predicted molar refractivity (Wildman–Crippen MR) is 47.8 cm³/mol. The Kier molecular flexibility index (Phi) is 3.28. The van der Waals surface area contributed by atoms with Gasteiger partial charge in [-0.15, -0.1) is 0 Å². The van der Waals surface area contributed by atoms with Crippen LogP contribution in [0.25, 0.3) is 0 Å². The number of hydrogen-bond acceptors (Lipinski definition) is 4. The quantitative estimate of drug-likeness (QED) is 0.692. The summed E-state index contributed by atoms with van der Waals surface area (Å²) < 4.78 is 34.6. The van der Waals surface area contributed by atoms with E-state index in [4.69, 9.17) is 9.47 Å². The van der Waals surface area contributed by atoms with E-state index >= 15 is 0 Å². The van der Waals surface area contributed by atoms with Gasteiger partial charge in [0.25, 0.3) is 0 Å². The van der Waals surface area contributed by atoms with Crippen molar-refractivity contribution in [3.05, 3.63) is 0 Å². The third kappa shape index (κ3) is 4.04.